The maximum Gasteiger partial charge on any atom is 0.339 e. The number of ether oxygens (including phenoxy) is 1. The lowest BCUT2D eigenvalue weighted by molar-refractivity contribution is 0.0465. The largest absolute Gasteiger partial charge is 0.455 e. The van der Waals surface area contributed by atoms with Crippen LogP contribution in [0.15, 0.2) is 82.8 Å². The molecule has 4 rings (SSSR count). The summed E-state index contributed by atoms with van der Waals surface area (Å²) in [5, 5.41) is 1.82. The van der Waals surface area contributed by atoms with E-state index in [-0.39, 0.29) is 18.0 Å². The van der Waals surface area contributed by atoms with Gasteiger partial charge in [0.05, 0.1) is 10.4 Å². The topological polar surface area (TPSA) is 69.4 Å². The quantitative estimate of drug-likeness (QED) is 0.343. The lowest BCUT2D eigenvalue weighted by atomic mass is 10.0. The van der Waals surface area contributed by atoms with E-state index in [0.29, 0.717) is 22.0 Å². The van der Waals surface area contributed by atoms with Crippen LogP contribution in [0.5, 0.6) is 0 Å². The van der Waals surface area contributed by atoms with E-state index in [9.17, 15) is 9.59 Å². The van der Waals surface area contributed by atoms with Gasteiger partial charge in [0.1, 0.15) is 18.6 Å². The first kappa shape index (κ1) is 17.9. The summed E-state index contributed by atoms with van der Waals surface area (Å²) < 4.78 is 10.8. The third-order valence-corrected chi connectivity index (χ3v) is 4.93. The molecule has 138 valence electrons. The van der Waals surface area contributed by atoms with Crippen molar-refractivity contribution in [2.24, 2.45) is 0 Å². The molecule has 0 saturated heterocycles. The SMILES string of the molecule is O=C(OCc1coc(-c2ccccc2)n1)c1ccccc1C(=O)c1cccs1. The van der Waals surface area contributed by atoms with E-state index in [1.807, 2.05) is 35.7 Å². The normalized spacial score (nSPS) is 10.6. The fourth-order valence-electron chi connectivity index (χ4n) is 2.70. The van der Waals surface area contributed by atoms with Gasteiger partial charge in [-0.15, -0.1) is 11.3 Å². The number of rotatable bonds is 6. The second kappa shape index (κ2) is 8.02. The summed E-state index contributed by atoms with van der Waals surface area (Å²) >= 11 is 1.33. The van der Waals surface area contributed by atoms with Crippen molar-refractivity contribution in [3.63, 3.8) is 0 Å². The number of benzene rings is 2. The molecule has 5 nitrogen and oxygen atoms in total. The number of hydrogen-bond acceptors (Lipinski definition) is 6. The summed E-state index contributed by atoms with van der Waals surface area (Å²) in [6.07, 6.45) is 1.46. The Morgan fingerprint density at radius 2 is 1.68 bits per heavy atom. The molecule has 0 amide bonds. The molecule has 0 N–H and O–H groups in total. The highest BCUT2D eigenvalue weighted by molar-refractivity contribution is 7.12. The molecule has 4 aromatic rings. The Kier molecular flexibility index (Phi) is 5.12. The van der Waals surface area contributed by atoms with Gasteiger partial charge < -0.3 is 9.15 Å². The van der Waals surface area contributed by atoms with E-state index in [1.54, 1.807) is 36.4 Å². The molecule has 2 aromatic heterocycles. The molecule has 0 aliphatic rings. The van der Waals surface area contributed by atoms with Crippen LogP contribution in [0.2, 0.25) is 0 Å². The van der Waals surface area contributed by atoms with Crippen LogP contribution in [-0.4, -0.2) is 16.7 Å². The number of thiophene rings is 1. The van der Waals surface area contributed by atoms with Gasteiger partial charge in [-0.3, -0.25) is 4.79 Å². The summed E-state index contributed by atoms with van der Waals surface area (Å²) in [6.45, 7) is -0.0449. The number of carbonyl (C=O) groups excluding carboxylic acids is 2. The number of esters is 1. The van der Waals surface area contributed by atoms with E-state index in [0.717, 1.165) is 5.56 Å². The van der Waals surface area contributed by atoms with Gasteiger partial charge in [-0.05, 0) is 29.6 Å². The fraction of sp³-hybridized carbons (Fsp3) is 0.0455. The predicted molar refractivity (Wildman–Crippen MR) is 105 cm³/mol. The average molecular weight is 389 g/mol. The van der Waals surface area contributed by atoms with Crippen molar-refractivity contribution in [1.82, 2.24) is 4.98 Å². The van der Waals surface area contributed by atoms with Crippen LogP contribution >= 0.6 is 11.3 Å². The highest BCUT2D eigenvalue weighted by atomic mass is 32.1. The van der Waals surface area contributed by atoms with Crippen molar-refractivity contribution in [1.29, 1.82) is 0 Å². The first-order chi connectivity index (χ1) is 13.7. The molecular formula is C22H15NO4S. The first-order valence-electron chi connectivity index (χ1n) is 8.56. The van der Waals surface area contributed by atoms with Gasteiger partial charge in [-0.25, -0.2) is 9.78 Å². The average Bonchev–Trinajstić information content (AvgIpc) is 3.44. The molecule has 28 heavy (non-hydrogen) atoms. The maximum absolute atomic E-state index is 12.6. The van der Waals surface area contributed by atoms with E-state index in [2.05, 4.69) is 4.98 Å². The number of ketones is 1. The van der Waals surface area contributed by atoms with Crippen molar-refractivity contribution in [2.45, 2.75) is 6.61 Å². The summed E-state index contributed by atoms with van der Waals surface area (Å²) in [5.74, 6) is -0.319. The lowest BCUT2D eigenvalue weighted by Crippen LogP contribution is -2.12. The van der Waals surface area contributed by atoms with Crippen molar-refractivity contribution in [2.75, 3.05) is 0 Å². The number of carbonyl (C=O) groups is 2. The zero-order chi connectivity index (χ0) is 19.3. The van der Waals surface area contributed by atoms with Crippen molar-refractivity contribution in [3.05, 3.63) is 100 Å². The van der Waals surface area contributed by atoms with E-state index in [4.69, 9.17) is 9.15 Å². The molecule has 6 heteroatoms. The number of hydrogen-bond donors (Lipinski definition) is 0. The van der Waals surface area contributed by atoms with Crippen molar-refractivity contribution >= 4 is 23.1 Å². The minimum absolute atomic E-state index is 0.0449. The summed E-state index contributed by atoms with van der Waals surface area (Å²) in [6, 6.07) is 19.6. The second-order valence-corrected chi connectivity index (χ2v) is 6.89. The number of aromatic nitrogens is 1. The Morgan fingerprint density at radius 1 is 0.929 bits per heavy atom. The Morgan fingerprint density at radius 3 is 2.43 bits per heavy atom. The van der Waals surface area contributed by atoms with Crippen LogP contribution in [0.25, 0.3) is 11.5 Å². The standard InChI is InChI=1S/C22H15NO4S/c24-20(19-11-6-12-28-19)17-9-4-5-10-18(17)22(25)27-14-16-13-26-21(23-16)15-7-2-1-3-8-15/h1-13H,14H2. The Bertz CT molecular complexity index is 1100. The van der Waals surface area contributed by atoms with Crippen molar-refractivity contribution < 1.29 is 18.7 Å². The number of nitrogens with zero attached hydrogens (tertiary/aromatic N) is 1. The van der Waals surface area contributed by atoms with Crippen LogP contribution in [0.1, 0.15) is 31.3 Å². The highest BCUT2D eigenvalue weighted by Gasteiger charge is 2.20. The van der Waals surface area contributed by atoms with Gasteiger partial charge in [0.2, 0.25) is 11.7 Å². The smallest absolute Gasteiger partial charge is 0.339 e. The third-order valence-electron chi connectivity index (χ3n) is 4.06. The Hall–Kier alpha value is -3.51. The lowest BCUT2D eigenvalue weighted by Gasteiger charge is -2.07. The molecule has 0 fully saturated rings. The van der Waals surface area contributed by atoms with Gasteiger partial charge in [-0.2, -0.15) is 0 Å². The summed E-state index contributed by atoms with van der Waals surface area (Å²) in [5.41, 5.74) is 1.88. The van der Waals surface area contributed by atoms with E-state index < -0.39 is 5.97 Å². The van der Waals surface area contributed by atoms with E-state index >= 15 is 0 Å². The molecule has 0 aliphatic heterocycles. The van der Waals surface area contributed by atoms with Gasteiger partial charge >= 0.3 is 5.97 Å². The summed E-state index contributed by atoms with van der Waals surface area (Å²) in [4.78, 5) is 30.1. The molecule has 0 bridgehead atoms. The molecule has 0 atom stereocenters. The van der Waals surface area contributed by atoms with Gasteiger partial charge in [-0.1, -0.05) is 42.5 Å². The molecule has 0 radical (unpaired) electrons. The van der Waals surface area contributed by atoms with Crippen molar-refractivity contribution in [3.8, 4) is 11.5 Å². The maximum atomic E-state index is 12.6. The predicted octanol–water partition coefficient (Wildman–Crippen LogP) is 4.99. The second-order valence-electron chi connectivity index (χ2n) is 5.94. The number of oxazole rings is 1. The molecule has 0 saturated carbocycles. The Labute approximate surface area is 165 Å². The zero-order valence-electron chi connectivity index (χ0n) is 14.7. The monoisotopic (exact) mass is 389 g/mol. The third kappa shape index (κ3) is 3.77. The molecule has 0 unspecified atom stereocenters. The van der Waals surface area contributed by atoms with Gasteiger partial charge in [0, 0.05) is 11.1 Å². The Balaban J connectivity index is 1.48. The van der Waals surface area contributed by atoms with Crippen LogP contribution in [0.4, 0.5) is 0 Å². The van der Waals surface area contributed by atoms with E-state index in [1.165, 1.54) is 17.6 Å². The fourth-order valence-corrected chi connectivity index (χ4v) is 3.38. The molecule has 0 spiro atoms. The molecular weight excluding hydrogens is 374 g/mol. The molecule has 2 heterocycles. The van der Waals surface area contributed by atoms with Gasteiger partial charge in [0.25, 0.3) is 0 Å². The van der Waals surface area contributed by atoms with Crippen LogP contribution in [0.3, 0.4) is 0 Å². The summed E-state index contributed by atoms with van der Waals surface area (Å²) in [7, 11) is 0. The van der Waals surface area contributed by atoms with Crippen LogP contribution in [0, 0.1) is 0 Å². The first-order valence-corrected chi connectivity index (χ1v) is 9.44. The highest BCUT2D eigenvalue weighted by Crippen LogP contribution is 2.21. The molecule has 2 aromatic carbocycles. The zero-order valence-corrected chi connectivity index (χ0v) is 15.5. The minimum atomic E-state index is -0.579. The van der Waals surface area contributed by atoms with Crippen LogP contribution < -0.4 is 0 Å². The van der Waals surface area contributed by atoms with Gasteiger partial charge in [0.15, 0.2) is 0 Å². The molecule has 0 aliphatic carbocycles. The minimum Gasteiger partial charge on any atom is -0.455 e. The van der Waals surface area contributed by atoms with Crippen LogP contribution in [-0.2, 0) is 11.3 Å².